The fraction of sp³-hybridized carbons (Fsp3) is 0.0455. The highest BCUT2D eigenvalue weighted by atomic mass is 16.5. The minimum atomic E-state index is -0.250. The van der Waals surface area contributed by atoms with Crippen LogP contribution in [0.4, 0.5) is 5.69 Å². The maximum absolute atomic E-state index is 12.2. The van der Waals surface area contributed by atoms with Gasteiger partial charge in [-0.3, -0.25) is 4.79 Å². The molecule has 0 unspecified atom stereocenters. The lowest BCUT2D eigenvalue weighted by Crippen LogP contribution is -2.10. The third kappa shape index (κ3) is 4.98. The SMILES string of the molecule is O=C(C=Cc1cccc(O)c1)Nc1ccccc1COc1ccccc1. The monoisotopic (exact) mass is 345 g/mol. The van der Waals surface area contributed by atoms with Gasteiger partial charge in [-0.2, -0.15) is 0 Å². The summed E-state index contributed by atoms with van der Waals surface area (Å²) in [5, 5.41) is 12.3. The van der Waals surface area contributed by atoms with Crippen molar-refractivity contribution in [2.24, 2.45) is 0 Å². The second-order valence-corrected chi connectivity index (χ2v) is 5.68. The van der Waals surface area contributed by atoms with Gasteiger partial charge in [0, 0.05) is 17.3 Å². The molecule has 3 aromatic rings. The van der Waals surface area contributed by atoms with E-state index in [1.54, 1.807) is 24.3 Å². The lowest BCUT2D eigenvalue weighted by molar-refractivity contribution is -0.111. The van der Waals surface area contributed by atoms with Crippen LogP contribution >= 0.6 is 0 Å². The van der Waals surface area contributed by atoms with E-state index >= 15 is 0 Å². The van der Waals surface area contributed by atoms with Crippen molar-refractivity contribution in [3.8, 4) is 11.5 Å². The predicted molar refractivity (Wildman–Crippen MR) is 103 cm³/mol. The van der Waals surface area contributed by atoms with E-state index in [0.29, 0.717) is 12.3 Å². The number of carbonyl (C=O) groups excluding carboxylic acids is 1. The molecule has 0 aliphatic carbocycles. The Labute approximate surface area is 152 Å². The van der Waals surface area contributed by atoms with Gasteiger partial charge in [-0.1, -0.05) is 48.5 Å². The lowest BCUT2D eigenvalue weighted by atomic mass is 10.1. The number of para-hydroxylation sites is 2. The average molecular weight is 345 g/mol. The minimum absolute atomic E-state index is 0.163. The zero-order valence-corrected chi connectivity index (χ0v) is 14.1. The molecule has 0 heterocycles. The van der Waals surface area contributed by atoms with Crippen molar-refractivity contribution in [2.45, 2.75) is 6.61 Å². The Morgan fingerprint density at radius 3 is 2.54 bits per heavy atom. The number of hydrogen-bond donors (Lipinski definition) is 2. The number of nitrogens with one attached hydrogen (secondary N) is 1. The molecule has 0 bridgehead atoms. The number of benzene rings is 3. The molecule has 1 amide bonds. The van der Waals surface area contributed by atoms with Crippen molar-refractivity contribution in [1.82, 2.24) is 0 Å². The number of rotatable bonds is 6. The predicted octanol–water partition coefficient (Wildman–Crippen LogP) is 4.62. The van der Waals surface area contributed by atoms with Gasteiger partial charge in [0.05, 0.1) is 0 Å². The first kappa shape index (κ1) is 17.3. The van der Waals surface area contributed by atoms with Crippen LogP contribution in [0.15, 0.2) is 84.9 Å². The molecule has 0 aliphatic rings. The van der Waals surface area contributed by atoms with Crippen LogP contribution in [-0.2, 0) is 11.4 Å². The summed E-state index contributed by atoms with van der Waals surface area (Å²) in [6.07, 6.45) is 3.09. The molecule has 0 saturated carbocycles. The van der Waals surface area contributed by atoms with Gasteiger partial charge >= 0.3 is 0 Å². The molecule has 0 aromatic heterocycles. The van der Waals surface area contributed by atoms with E-state index in [1.807, 2.05) is 60.7 Å². The molecular weight excluding hydrogens is 326 g/mol. The van der Waals surface area contributed by atoms with Gasteiger partial charge in [0.2, 0.25) is 5.91 Å². The van der Waals surface area contributed by atoms with Gasteiger partial charge in [-0.15, -0.1) is 0 Å². The van der Waals surface area contributed by atoms with Gasteiger partial charge in [0.15, 0.2) is 0 Å². The Morgan fingerprint density at radius 1 is 0.962 bits per heavy atom. The summed E-state index contributed by atoms with van der Waals surface area (Å²) in [5.41, 5.74) is 2.34. The smallest absolute Gasteiger partial charge is 0.248 e. The van der Waals surface area contributed by atoms with Crippen LogP contribution < -0.4 is 10.1 Å². The molecule has 130 valence electrons. The normalized spacial score (nSPS) is 10.6. The van der Waals surface area contributed by atoms with Crippen LogP contribution in [0.1, 0.15) is 11.1 Å². The second kappa shape index (κ2) is 8.53. The topological polar surface area (TPSA) is 58.6 Å². The first-order valence-electron chi connectivity index (χ1n) is 8.24. The van der Waals surface area contributed by atoms with Crippen LogP contribution in [-0.4, -0.2) is 11.0 Å². The molecule has 4 heteroatoms. The van der Waals surface area contributed by atoms with Crippen LogP contribution in [0.5, 0.6) is 11.5 Å². The number of aromatic hydroxyl groups is 1. The lowest BCUT2D eigenvalue weighted by Gasteiger charge is -2.11. The zero-order valence-electron chi connectivity index (χ0n) is 14.1. The number of phenols is 1. The molecule has 0 spiro atoms. The number of hydrogen-bond acceptors (Lipinski definition) is 3. The molecule has 26 heavy (non-hydrogen) atoms. The van der Waals surface area contributed by atoms with Crippen molar-refractivity contribution < 1.29 is 14.6 Å². The van der Waals surface area contributed by atoms with Crippen LogP contribution in [0.3, 0.4) is 0 Å². The third-order valence-electron chi connectivity index (χ3n) is 3.71. The second-order valence-electron chi connectivity index (χ2n) is 5.68. The fourth-order valence-electron chi connectivity index (χ4n) is 2.42. The van der Waals surface area contributed by atoms with Crippen molar-refractivity contribution in [3.63, 3.8) is 0 Å². The molecular formula is C22H19NO3. The number of ether oxygens (including phenoxy) is 1. The molecule has 0 saturated heterocycles. The van der Waals surface area contributed by atoms with E-state index in [2.05, 4.69) is 5.32 Å². The molecule has 0 fully saturated rings. The van der Waals surface area contributed by atoms with Crippen LogP contribution in [0, 0.1) is 0 Å². The summed E-state index contributed by atoms with van der Waals surface area (Å²) in [4.78, 5) is 12.2. The van der Waals surface area contributed by atoms with E-state index in [9.17, 15) is 9.90 Å². The molecule has 0 aliphatic heterocycles. The molecule has 3 aromatic carbocycles. The van der Waals surface area contributed by atoms with Crippen molar-refractivity contribution in [3.05, 3.63) is 96.1 Å². The number of anilines is 1. The summed E-state index contributed by atoms with van der Waals surface area (Å²) in [7, 11) is 0. The van der Waals surface area contributed by atoms with Crippen molar-refractivity contribution in [1.29, 1.82) is 0 Å². The summed E-state index contributed by atoms with van der Waals surface area (Å²) >= 11 is 0. The Morgan fingerprint density at radius 2 is 1.73 bits per heavy atom. The average Bonchev–Trinajstić information content (AvgIpc) is 2.67. The van der Waals surface area contributed by atoms with Crippen molar-refractivity contribution >= 4 is 17.7 Å². The maximum atomic E-state index is 12.2. The van der Waals surface area contributed by atoms with Gasteiger partial charge in [0.25, 0.3) is 0 Å². The quantitative estimate of drug-likeness (QED) is 0.641. The summed E-state index contributed by atoms with van der Waals surface area (Å²) in [5.74, 6) is 0.689. The molecule has 3 rings (SSSR count). The first-order chi connectivity index (χ1) is 12.7. The largest absolute Gasteiger partial charge is 0.508 e. The van der Waals surface area contributed by atoms with Crippen LogP contribution in [0.2, 0.25) is 0 Å². The third-order valence-corrected chi connectivity index (χ3v) is 3.71. The Hall–Kier alpha value is -3.53. The molecule has 2 N–H and O–H groups in total. The highest BCUT2D eigenvalue weighted by Gasteiger charge is 2.05. The van der Waals surface area contributed by atoms with Crippen LogP contribution in [0.25, 0.3) is 6.08 Å². The Kier molecular flexibility index (Phi) is 5.68. The van der Waals surface area contributed by atoms with E-state index in [0.717, 1.165) is 16.9 Å². The fourth-order valence-corrected chi connectivity index (χ4v) is 2.42. The van der Waals surface area contributed by atoms with Gasteiger partial charge in [0.1, 0.15) is 18.1 Å². The van der Waals surface area contributed by atoms with E-state index < -0.39 is 0 Å². The first-order valence-corrected chi connectivity index (χ1v) is 8.24. The van der Waals surface area contributed by atoms with Crippen molar-refractivity contribution in [2.75, 3.05) is 5.32 Å². The van der Waals surface area contributed by atoms with Gasteiger partial charge < -0.3 is 15.2 Å². The van der Waals surface area contributed by atoms with Gasteiger partial charge in [-0.25, -0.2) is 0 Å². The van der Waals surface area contributed by atoms with E-state index in [4.69, 9.17) is 4.74 Å². The number of carbonyl (C=O) groups is 1. The summed E-state index contributed by atoms with van der Waals surface area (Å²) < 4.78 is 5.76. The molecule has 0 atom stereocenters. The maximum Gasteiger partial charge on any atom is 0.248 e. The van der Waals surface area contributed by atoms with Gasteiger partial charge in [-0.05, 0) is 42.0 Å². The standard InChI is InChI=1S/C22H19NO3/c24-19-9-6-7-17(15-19)13-14-22(25)23-21-12-5-4-8-18(21)16-26-20-10-2-1-3-11-20/h1-15,24H,16H2,(H,23,25). The summed E-state index contributed by atoms with van der Waals surface area (Å²) in [6, 6.07) is 23.8. The Bertz CT molecular complexity index is 904. The number of amides is 1. The minimum Gasteiger partial charge on any atom is -0.508 e. The molecule has 4 nitrogen and oxygen atoms in total. The van der Waals surface area contributed by atoms with E-state index in [1.165, 1.54) is 6.08 Å². The van der Waals surface area contributed by atoms with E-state index in [-0.39, 0.29) is 11.7 Å². The molecule has 0 radical (unpaired) electrons. The summed E-state index contributed by atoms with van der Waals surface area (Å²) in [6.45, 7) is 0.358. The zero-order chi connectivity index (χ0) is 18.2. The Balaban J connectivity index is 1.65. The highest BCUT2D eigenvalue weighted by Crippen LogP contribution is 2.19. The number of phenolic OH excluding ortho intramolecular Hbond substituents is 1. The highest BCUT2D eigenvalue weighted by molar-refractivity contribution is 6.02.